The van der Waals surface area contributed by atoms with Gasteiger partial charge in [-0.3, -0.25) is 0 Å². The van der Waals surface area contributed by atoms with Gasteiger partial charge >= 0.3 is 6.18 Å². The highest BCUT2D eigenvalue weighted by atomic mass is 19.4. The SMILES string of the molecule is CC(C)CC1NCCC1c1ccccc1C(F)(F)F. The average Bonchev–Trinajstić information content (AvgIpc) is 2.75. The first kappa shape index (κ1) is 14.4. The van der Waals surface area contributed by atoms with E-state index < -0.39 is 11.7 Å². The Hall–Kier alpha value is -1.03. The van der Waals surface area contributed by atoms with E-state index in [1.807, 2.05) is 0 Å². The van der Waals surface area contributed by atoms with Crippen LogP contribution in [0.2, 0.25) is 0 Å². The zero-order valence-corrected chi connectivity index (χ0v) is 11.3. The van der Waals surface area contributed by atoms with Gasteiger partial charge in [-0.15, -0.1) is 0 Å². The van der Waals surface area contributed by atoms with Crippen molar-refractivity contribution in [3.63, 3.8) is 0 Å². The third kappa shape index (κ3) is 3.30. The van der Waals surface area contributed by atoms with Crippen LogP contribution < -0.4 is 5.32 Å². The van der Waals surface area contributed by atoms with Crippen LogP contribution in [0, 0.1) is 5.92 Å². The Bertz CT molecular complexity index is 426. The summed E-state index contributed by atoms with van der Waals surface area (Å²) in [6.07, 6.45) is -2.57. The lowest BCUT2D eigenvalue weighted by molar-refractivity contribution is -0.138. The van der Waals surface area contributed by atoms with Crippen LogP contribution in [0.5, 0.6) is 0 Å². The number of hydrogen-bond acceptors (Lipinski definition) is 1. The minimum absolute atomic E-state index is 0.0276. The zero-order chi connectivity index (χ0) is 14.0. The summed E-state index contributed by atoms with van der Waals surface area (Å²) in [7, 11) is 0. The molecule has 2 atom stereocenters. The third-order valence-corrected chi connectivity index (χ3v) is 3.74. The first-order chi connectivity index (χ1) is 8.89. The summed E-state index contributed by atoms with van der Waals surface area (Å²) >= 11 is 0. The van der Waals surface area contributed by atoms with E-state index in [1.54, 1.807) is 12.1 Å². The summed E-state index contributed by atoms with van der Waals surface area (Å²) in [6.45, 7) is 5.01. The van der Waals surface area contributed by atoms with Crippen LogP contribution in [0.1, 0.15) is 43.7 Å². The standard InChI is InChI=1S/C15H20F3N/c1-10(2)9-14-12(7-8-19-14)11-5-3-4-6-13(11)15(16,17)18/h3-6,10,12,14,19H,7-9H2,1-2H3. The Morgan fingerprint density at radius 2 is 1.95 bits per heavy atom. The predicted molar refractivity (Wildman–Crippen MR) is 70.0 cm³/mol. The van der Waals surface area contributed by atoms with Crippen LogP contribution in [0.15, 0.2) is 24.3 Å². The van der Waals surface area contributed by atoms with Crippen LogP contribution in [0.4, 0.5) is 13.2 Å². The number of hydrogen-bond donors (Lipinski definition) is 1. The van der Waals surface area contributed by atoms with E-state index in [0.717, 1.165) is 19.4 Å². The molecule has 1 heterocycles. The number of alkyl halides is 3. The third-order valence-electron chi connectivity index (χ3n) is 3.74. The molecule has 2 rings (SSSR count). The summed E-state index contributed by atoms with van der Waals surface area (Å²) in [4.78, 5) is 0. The van der Waals surface area contributed by atoms with Crippen LogP contribution in [0.25, 0.3) is 0 Å². The van der Waals surface area contributed by atoms with E-state index in [0.29, 0.717) is 11.5 Å². The molecule has 4 heteroatoms. The van der Waals surface area contributed by atoms with Crippen LogP contribution in [0.3, 0.4) is 0 Å². The molecule has 1 aliphatic heterocycles. The molecule has 1 fully saturated rings. The van der Waals surface area contributed by atoms with Crippen molar-refractivity contribution in [2.45, 2.75) is 44.8 Å². The van der Waals surface area contributed by atoms with Crippen LogP contribution in [-0.4, -0.2) is 12.6 Å². The summed E-state index contributed by atoms with van der Waals surface area (Å²) in [5, 5.41) is 3.35. The average molecular weight is 271 g/mol. The fourth-order valence-electron chi connectivity index (χ4n) is 2.97. The smallest absolute Gasteiger partial charge is 0.313 e. The molecule has 0 radical (unpaired) electrons. The Morgan fingerprint density at radius 1 is 1.26 bits per heavy atom. The quantitative estimate of drug-likeness (QED) is 0.869. The van der Waals surface area contributed by atoms with Gasteiger partial charge in [0.2, 0.25) is 0 Å². The van der Waals surface area contributed by atoms with Gasteiger partial charge in [-0.2, -0.15) is 13.2 Å². The maximum Gasteiger partial charge on any atom is 0.416 e. The van der Waals surface area contributed by atoms with E-state index >= 15 is 0 Å². The molecule has 1 aliphatic rings. The van der Waals surface area contributed by atoms with Crippen molar-refractivity contribution in [1.82, 2.24) is 5.32 Å². The molecule has 2 unspecified atom stereocenters. The zero-order valence-electron chi connectivity index (χ0n) is 11.3. The molecule has 0 aromatic heterocycles. The molecule has 0 spiro atoms. The van der Waals surface area contributed by atoms with Gasteiger partial charge in [0.25, 0.3) is 0 Å². The van der Waals surface area contributed by atoms with Crippen molar-refractivity contribution in [3.05, 3.63) is 35.4 Å². The molecule has 0 bridgehead atoms. The monoisotopic (exact) mass is 271 g/mol. The molecular weight excluding hydrogens is 251 g/mol. The van der Waals surface area contributed by atoms with Gasteiger partial charge in [-0.05, 0) is 36.9 Å². The Morgan fingerprint density at radius 3 is 2.58 bits per heavy atom. The minimum atomic E-state index is -4.26. The summed E-state index contributed by atoms with van der Waals surface area (Å²) in [6, 6.07) is 6.15. The van der Waals surface area contributed by atoms with E-state index in [4.69, 9.17) is 0 Å². The van der Waals surface area contributed by atoms with E-state index in [2.05, 4.69) is 19.2 Å². The highest BCUT2D eigenvalue weighted by Crippen LogP contribution is 2.39. The molecule has 0 aliphatic carbocycles. The van der Waals surface area contributed by atoms with E-state index in [-0.39, 0.29) is 12.0 Å². The fraction of sp³-hybridized carbons (Fsp3) is 0.600. The molecule has 106 valence electrons. The van der Waals surface area contributed by atoms with Crippen LogP contribution >= 0.6 is 0 Å². The largest absolute Gasteiger partial charge is 0.416 e. The molecule has 1 aromatic rings. The lowest BCUT2D eigenvalue weighted by Crippen LogP contribution is -2.28. The molecular formula is C15H20F3N. The van der Waals surface area contributed by atoms with Crippen molar-refractivity contribution < 1.29 is 13.2 Å². The Labute approximate surface area is 112 Å². The molecule has 1 N–H and O–H groups in total. The summed E-state index contributed by atoms with van der Waals surface area (Å²) < 4.78 is 39.2. The summed E-state index contributed by atoms with van der Waals surface area (Å²) in [5.74, 6) is 0.455. The number of halogens is 3. The van der Waals surface area contributed by atoms with Gasteiger partial charge in [0.05, 0.1) is 5.56 Å². The van der Waals surface area contributed by atoms with Crippen molar-refractivity contribution >= 4 is 0 Å². The lowest BCUT2D eigenvalue weighted by atomic mass is 9.85. The van der Waals surface area contributed by atoms with E-state index in [1.165, 1.54) is 12.1 Å². The maximum absolute atomic E-state index is 13.1. The highest BCUT2D eigenvalue weighted by molar-refractivity contribution is 5.34. The van der Waals surface area contributed by atoms with Gasteiger partial charge in [0, 0.05) is 12.0 Å². The normalized spacial score (nSPS) is 24.1. The van der Waals surface area contributed by atoms with E-state index in [9.17, 15) is 13.2 Å². The second-order valence-electron chi connectivity index (χ2n) is 5.67. The summed E-state index contributed by atoms with van der Waals surface area (Å²) in [5.41, 5.74) is -0.0249. The van der Waals surface area contributed by atoms with Gasteiger partial charge < -0.3 is 5.32 Å². The predicted octanol–water partition coefficient (Wildman–Crippen LogP) is 4.20. The molecule has 0 amide bonds. The Balaban J connectivity index is 2.31. The number of benzene rings is 1. The first-order valence-corrected chi connectivity index (χ1v) is 6.79. The van der Waals surface area contributed by atoms with Crippen molar-refractivity contribution in [3.8, 4) is 0 Å². The topological polar surface area (TPSA) is 12.0 Å². The molecule has 19 heavy (non-hydrogen) atoms. The Kier molecular flexibility index (Phi) is 4.19. The molecule has 0 saturated carbocycles. The van der Waals surface area contributed by atoms with Crippen molar-refractivity contribution in [2.75, 3.05) is 6.54 Å². The van der Waals surface area contributed by atoms with Crippen LogP contribution in [-0.2, 0) is 6.18 Å². The molecule has 1 aromatic carbocycles. The minimum Gasteiger partial charge on any atom is -0.313 e. The van der Waals surface area contributed by atoms with Gasteiger partial charge in [0.1, 0.15) is 0 Å². The second-order valence-corrected chi connectivity index (χ2v) is 5.67. The maximum atomic E-state index is 13.1. The number of nitrogens with one attached hydrogen (secondary N) is 1. The van der Waals surface area contributed by atoms with Gasteiger partial charge in [-0.1, -0.05) is 32.0 Å². The van der Waals surface area contributed by atoms with Crippen molar-refractivity contribution in [2.24, 2.45) is 5.92 Å². The highest BCUT2D eigenvalue weighted by Gasteiger charge is 2.38. The molecule has 1 nitrogen and oxygen atoms in total. The fourth-order valence-corrected chi connectivity index (χ4v) is 2.97. The second kappa shape index (κ2) is 5.53. The van der Waals surface area contributed by atoms with Gasteiger partial charge in [0.15, 0.2) is 0 Å². The van der Waals surface area contributed by atoms with Crippen molar-refractivity contribution in [1.29, 1.82) is 0 Å². The first-order valence-electron chi connectivity index (χ1n) is 6.79. The number of rotatable bonds is 3. The van der Waals surface area contributed by atoms with Gasteiger partial charge in [-0.25, -0.2) is 0 Å². The lowest BCUT2D eigenvalue weighted by Gasteiger charge is -2.24. The molecule has 1 saturated heterocycles.